The summed E-state index contributed by atoms with van der Waals surface area (Å²) >= 11 is 1.09. The number of alkyl halides is 2. The molecule has 0 aliphatic rings. The maximum atomic E-state index is 13.2. The Morgan fingerprint density at radius 2 is 1.88 bits per heavy atom. The number of benzene rings is 2. The smallest absolute Gasteiger partial charge is 0.433 e. The van der Waals surface area contributed by atoms with Gasteiger partial charge in [0.2, 0.25) is 0 Å². The number of rotatable bonds is 7. The Morgan fingerprint density at radius 3 is 2.56 bits per heavy atom. The molecule has 0 saturated carbocycles. The first-order chi connectivity index (χ1) is 15.4. The van der Waals surface area contributed by atoms with Gasteiger partial charge < -0.3 is 9.15 Å². The molecule has 0 bridgehead atoms. The molecule has 4 rings (SSSR count). The Hall–Kier alpha value is -3.99. The van der Waals surface area contributed by atoms with Gasteiger partial charge in [0.1, 0.15) is 16.4 Å². The summed E-state index contributed by atoms with van der Waals surface area (Å²) in [6.45, 7) is -2.96. The van der Waals surface area contributed by atoms with Gasteiger partial charge in [-0.25, -0.2) is 4.98 Å². The van der Waals surface area contributed by atoms with Crippen LogP contribution in [-0.4, -0.2) is 21.1 Å². The van der Waals surface area contributed by atoms with Crippen LogP contribution in [0.2, 0.25) is 0 Å². The van der Waals surface area contributed by atoms with Gasteiger partial charge in [-0.3, -0.25) is 19.5 Å². The van der Waals surface area contributed by atoms with Crippen LogP contribution in [0.25, 0.3) is 22.7 Å². The summed E-state index contributed by atoms with van der Waals surface area (Å²) < 4.78 is 35.6. The summed E-state index contributed by atoms with van der Waals surface area (Å²) in [5.74, 6) is -0.173. The lowest BCUT2D eigenvalue weighted by Gasteiger charge is -2.12. The van der Waals surface area contributed by atoms with Gasteiger partial charge in [0.25, 0.3) is 5.56 Å². The Morgan fingerprint density at radius 1 is 1.12 bits per heavy atom. The maximum Gasteiger partial charge on any atom is 0.433 e. The van der Waals surface area contributed by atoms with Crippen LogP contribution in [0, 0.1) is 10.1 Å². The molecule has 2 heterocycles. The number of aromatic nitrogens is 2. The van der Waals surface area contributed by atoms with E-state index >= 15 is 0 Å². The molecule has 32 heavy (non-hydrogen) atoms. The van der Waals surface area contributed by atoms with Crippen LogP contribution in [0.15, 0.2) is 80.4 Å². The molecule has 2 aromatic carbocycles. The van der Waals surface area contributed by atoms with Crippen LogP contribution in [-0.2, 0) is 0 Å². The van der Waals surface area contributed by atoms with E-state index in [2.05, 4.69) is 9.72 Å². The SMILES string of the molecule is O=c1c2ccccc2nc(S/C=C/c2ccc([N+](=O)[O-])o2)n1-c1ccc(OC(F)F)cc1. The van der Waals surface area contributed by atoms with Crippen molar-refractivity contribution < 1.29 is 22.9 Å². The molecule has 0 radical (unpaired) electrons. The second-order valence-corrected chi connectivity index (χ2v) is 7.15. The predicted octanol–water partition coefficient (Wildman–Crippen LogP) is 5.25. The summed E-state index contributed by atoms with van der Waals surface area (Å²) in [5, 5.41) is 13.0. The molecule has 162 valence electrons. The summed E-state index contributed by atoms with van der Waals surface area (Å²) in [5.41, 5.74) is 0.540. The first-order valence-corrected chi connectivity index (χ1v) is 9.95. The van der Waals surface area contributed by atoms with Crippen LogP contribution in [0.5, 0.6) is 5.75 Å². The van der Waals surface area contributed by atoms with Crippen molar-refractivity contribution in [1.82, 2.24) is 9.55 Å². The van der Waals surface area contributed by atoms with Crippen molar-refractivity contribution in [1.29, 1.82) is 0 Å². The first-order valence-electron chi connectivity index (χ1n) is 9.07. The number of para-hydroxylation sites is 1. The van der Waals surface area contributed by atoms with E-state index in [1.165, 1.54) is 47.0 Å². The van der Waals surface area contributed by atoms with Crippen LogP contribution in [0.1, 0.15) is 5.76 Å². The highest BCUT2D eigenvalue weighted by Crippen LogP contribution is 2.25. The second-order valence-electron chi connectivity index (χ2n) is 6.28. The minimum absolute atomic E-state index is 0.0425. The monoisotopic (exact) mass is 457 g/mol. The van der Waals surface area contributed by atoms with Crippen LogP contribution < -0.4 is 10.3 Å². The first kappa shape index (κ1) is 21.2. The van der Waals surface area contributed by atoms with Crippen molar-refractivity contribution in [2.24, 2.45) is 0 Å². The fourth-order valence-corrected chi connectivity index (χ4v) is 3.66. The molecule has 0 spiro atoms. The van der Waals surface area contributed by atoms with Gasteiger partial charge in [0, 0.05) is 0 Å². The van der Waals surface area contributed by atoms with Gasteiger partial charge >= 0.3 is 12.5 Å². The van der Waals surface area contributed by atoms with Gasteiger partial charge in [-0.2, -0.15) is 8.78 Å². The molecule has 0 unspecified atom stereocenters. The van der Waals surface area contributed by atoms with Crippen molar-refractivity contribution in [3.05, 3.63) is 92.3 Å². The average molecular weight is 457 g/mol. The third-order valence-corrected chi connectivity index (χ3v) is 5.02. The normalized spacial score (nSPS) is 11.5. The molecular weight excluding hydrogens is 444 g/mol. The molecule has 0 atom stereocenters. The Kier molecular flexibility index (Phi) is 5.99. The number of nitrogens with zero attached hydrogens (tertiary/aromatic N) is 3. The molecule has 0 fully saturated rings. The largest absolute Gasteiger partial charge is 0.435 e. The minimum atomic E-state index is -2.96. The molecular formula is C21H13F2N3O5S. The number of thioether (sulfide) groups is 1. The lowest BCUT2D eigenvalue weighted by atomic mass is 10.2. The van der Waals surface area contributed by atoms with Gasteiger partial charge in [0.15, 0.2) is 5.16 Å². The zero-order valence-corrected chi connectivity index (χ0v) is 16.9. The van der Waals surface area contributed by atoms with Gasteiger partial charge in [-0.15, -0.1) is 0 Å². The summed E-state index contributed by atoms with van der Waals surface area (Å²) in [6.07, 6.45) is 1.50. The van der Waals surface area contributed by atoms with E-state index in [0.29, 0.717) is 21.7 Å². The van der Waals surface area contributed by atoms with E-state index in [9.17, 15) is 23.7 Å². The van der Waals surface area contributed by atoms with Crippen LogP contribution in [0.4, 0.5) is 14.7 Å². The molecule has 0 aliphatic heterocycles. The van der Waals surface area contributed by atoms with Gasteiger partial charge in [0.05, 0.1) is 22.7 Å². The van der Waals surface area contributed by atoms with E-state index in [1.54, 1.807) is 29.7 Å². The number of halogens is 2. The molecule has 8 nitrogen and oxygen atoms in total. The molecule has 11 heteroatoms. The average Bonchev–Trinajstić information content (AvgIpc) is 3.24. The Balaban J connectivity index is 1.72. The predicted molar refractivity (Wildman–Crippen MR) is 114 cm³/mol. The molecule has 0 amide bonds. The zero-order chi connectivity index (χ0) is 22.7. The maximum absolute atomic E-state index is 13.2. The second kappa shape index (κ2) is 9.02. The number of fused-ring (bicyclic) bond motifs is 1. The van der Waals surface area contributed by atoms with Crippen LogP contribution in [0.3, 0.4) is 0 Å². The molecule has 0 saturated heterocycles. The topological polar surface area (TPSA) is 100 Å². The van der Waals surface area contributed by atoms with E-state index in [0.717, 1.165) is 11.8 Å². The lowest BCUT2D eigenvalue weighted by molar-refractivity contribution is -0.402. The molecule has 0 N–H and O–H groups in total. The van der Waals surface area contributed by atoms with Gasteiger partial charge in [-0.05, 0) is 53.9 Å². The van der Waals surface area contributed by atoms with E-state index < -0.39 is 11.5 Å². The highest BCUT2D eigenvalue weighted by Gasteiger charge is 2.14. The quantitative estimate of drug-likeness (QED) is 0.162. The number of nitro groups is 1. The third-order valence-electron chi connectivity index (χ3n) is 4.26. The van der Waals surface area contributed by atoms with Gasteiger partial charge in [-0.1, -0.05) is 23.9 Å². The van der Waals surface area contributed by atoms with E-state index in [1.807, 2.05) is 0 Å². The Labute approximate surface area is 182 Å². The van der Waals surface area contributed by atoms with Crippen molar-refractivity contribution in [3.8, 4) is 11.4 Å². The van der Waals surface area contributed by atoms with Crippen molar-refractivity contribution in [3.63, 3.8) is 0 Å². The summed E-state index contributed by atoms with van der Waals surface area (Å²) in [7, 11) is 0. The van der Waals surface area contributed by atoms with E-state index in [4.69, 9.17) is 4.42 Å². The summed E-state index contributed by atoms with van der Waals surface area (Å²) in [6, 6.07) is 15.1. The molecule has 4 aromatic rings. The Bertz CT molecular complexity index is 1370. The fraction of sp³-hybridized carbons (Fsp3) is 0.0476. The lowest BCUT2D eigenvalue weighted by Crippen LogP contribution is -2.21. The number of hydrogen-bond acceptors (Lipinski definition) is 7. The fourth-order valence-electron chi connectivity index (χ4n) is 2.89. The van der Waals surface area contributed by atoms with Crippen LogP contribution >= 0.6 is 11.8 Å². The third kappa shape index (κ3) is 4.52. The number of ether oxygens (including phenoxy) is 1. The molecule has 0 aliphatic carbocycles. The minimum Gasteiger partial charge on any atom is -0.435 e. The highest BCUT2D eigenvalue weighted by atomic mass is 32.2. The van der Waals surface area contributed by atoms with Crippen molar-refractivity contribution in [2.45, 2.75) is 11.8 Å². The van der Waals surface area contributed by atoms with Crippen molar-refractivity contribution >= 4 is 34.6 Å². The summed E-state index contributed by atoms with van der Waals surface area (Å²) in [4.78, 5) is 27.8. The highest BCUT2D eigenvalue weighted by molar-refractivity contribution is 8.02. The van der Waals surface area contributed by atoms with Crippen molar-refractivity contribution in [2.75, 3.05) is 0 Å². The van der Waals surface area contributed by atoms with E-state index in [-0.39, 0.29) is 23.0 Å². The standard InChI is InChI=1S/C21H13F2N3O5S/c22-20(23)31-14-7-5-13(6-8-14)25-19(27)16-3-1-2-4-17(16)24-21(25)32-12-11-15-9-10-18(30-15)26(28)29/h1-12,20H/b12-11+. The molecule has 2 aromatic heterocycles. The zero-order valence-electron chi connectivity index (χ0n) is 16.1. The number of hydrogen-bond donors (Lipinski definition) is 0. The number of furan rings is 1.